The number of urea groups is 1. The molecule has 3 N–H and O–H groups in total. The molecule has 1 atom stereocenters. The number of nitrogens with zero attached hydrogens (tertiary/aromatic N) is 1. The van der Waals surface area contributed by atoms with Crippen molar-refractivity contribution in [3.63, 3.8) is 0 Å². The first-order valence-electron chi connectivity index (χ1n) is 9.60. The lowest BCUT2D eigenvalue weighted by atomic mass is 9.86. The van der Waals surface area contributed by atoms with Crippen LogP contribution in [0.1, 0.15) is 30.0 Å². The minimum absolute atomic E-state index is 0.0853. The van der Waals surface area contributed by atoms with Gasteiger partial charge >= 0.3 is 6.03 Å². The van der Waals surface area contributed by atoms with E-state index in [1.54, 1.807) is 39.2 Å². The van der Waals surface area contributed by atoms with Gasteiger partial charge in [0.25, 0.3) is 5.91 Å². The highest BCUT2D eigenvalue weighted by Gasteiger charge is 2.51. The number of methoxy groups -OCH3 is 1. The fraction of sp³-hybridized carbons (Fsp3) is 0.318. The molecule has 8 heteroatoms. The summed E-state index contributed by atoms with van der Waals surface area (Å²) in [6, 6.07) is 9.21. The van der Waals surface area contributed by atoms with Crippen LogP contribution < -0.4 is 15.4 Å². The van der Waals surface area contributed by atoms with Gasteiger partial charge in [-0.15, -0.1) is 0 Å². The van der Waals surface area contributed by atoms with Gasteiger partial charge in [0.1, 0.15) is 23.6 Å². The monoisotopic (exact) mass is 411 g/mol. The number of benzene rings is 2. The van der Waals surface area contributed by atoms with Crippen molar-refractivity contribution in [3.05, 3.63) is 53.1 Å². The highest BCUT2D eigenvalue weighted by Crippen LogP contribution is 2.34. The number of rotatable bonds is 6. The molecule has 158 valence electrons. The molecular weight excluding hydrogens is 386 g/mol. The van der Waals surface area contributed by atoms with Gasteiger partial charge in [0.05, 0.1) is 7.11 Å². The molecule has 1 unspecified atom stereocenters. The fourth-order valence-electron chi connectivity index (χ4n) is 3.67. The normalized spacial score (nSPS) is 18.3. The van der Waals surface area contributed by atoms with Gasteiger partial charge in [-0.2, -0.15) is 0 Å². The topological polar surface area (TPSA) is 108 Å². The Hall–Kier alpha value is -3.55. The van der Waals surface area contributed by atoms with Crippen molar-refractivity contribution in [1.29, 1.82) is 0 Å². The average molecular weight is 411 g/mol. The van der Waals surface area contributed by atoms with E-state index in [9.17, 15) is 19.5 Å². The lowest BCUT2D eigenvalue weighted by Crippen LogP contribution is -2.44. The van der Waals surface area contributed by atoms with Crippen LogP contribution in [-0.4, -0.2) is 41.5 Å². The van der Waals surface area contributed by atoms with Gasteiger partial charge in [-0.05, 0) is 67.3 Å². The van der Waals surface area contributed by atoms with Crippen molar-refractivity contribution in [2.45, 2.75) is 32.7 Å². The van der Waals surface area contributed by atoms with E-state index in [2.05, 4.69) is 10.6 Å². The maximum Gasteiger partial charge on any atom is 0.325 e. The van der Waals surface area contributed by atoms with E-state index in [0.717, 1.165) is 10.5 Å². The molecule has 1 aliphatic rings. The zero-order chi connectivity index (χ0) is 22.1. The number of phenols is 1. The van der Waals surface area contributed by atoms with Crippen molar-refractivity contribution in [1.82, 2.24) is 10.2 Å². The predicted molar refractivity (Wildman–Crippen MR) is 111 cm³/mol. The maximum absolute atomic E-state index is 13.2. The Balaban J connectivity index is 1.82. The van der Waals surface area contributed by atoms with Crippen LogP contribution in [0.15, 0.2) is 36.4 Å². The van der Waals surface area contributed by atoms with Crippen molar-refractivity contribution < 1.29 is 24.2 Å². The van der Waals surface area contributed by atoms with Gasteiger partial charge in [-0.25, -0.2) is 4.79 Å². The number of imide groups is 1. The van der Waals surface area contributed by atoms with E-state index < -0.39 is 29.9 Å². The molecule has 1 fully saturated rings. The van der Waals surface area contributed by atoms with Gasteiger partial charge in [0.2, 0.25) is 5.91 Å². The van der Waals surface area contributed by atoms with Crippen molar-refractivity contribution in [2.75, 3.05) is 19.0 Å². The Kier molecular flexibility index (Phi) is 5.69. The van der Waals surface area contributed by atoms with E-state index in [0.29, 0.717) is 29.0 Å². The number of nitrogens with one attached hydrogen (secondary N) is 2. The average Bonchev–Trinajstić information content (AvgIpc) is 2.95. The van der Waals surface area contributed by atoms with Crippen LogP contribution in [0.2, 0.25) is 0 Å². The molecule has 0 saturated carbocycles. The number of hydrogen-bond donors (Lipinski definition) is 3. The van der Waals surface area contributed by atoms with E-state index in [1.807, 2.05) is 13.0 Å². The second kappa shape index (κ2) is 8.06. The van der Waals surface area contributed by atoms with Crippen LogP contribution in [0, 0.1) is 13.8 Å². The number of phenolic OH excluding ortho intramolecular Hbond substituents is 1. The third kappa shape index (κ3) is 3.68. The molecule has 1 saturated heterocycles. The molecule has 1 heterocycles. The molecule has 0 aromatic heterocycles. The highest BCUT2D eigenvalue weighted by molar-refractivity contribution is 6.10. The molecule has 0 bridgehead atoms. The summed E-state index contributed by atoms with van der Waals surface area (Å²) >= 11 is 0. The number of amides is 4. The minimum atomic E-state index is -1.23. The Bertz CT molecular complexity index is 1020. The third-order valence-electron chi connectivity index (χ3n) is 5.38. The lowest BCUT2D eigenvalue weighted by molar-refractivity contribution is -0.134. The van der Waals surface area contributed by atoms with Crippen LogP contribution >= 0.6 is 0 Å². The van der Waals surface area contributed by atoms with Gasteiger partial charge in [0, 0.05) is 5.69 Å². The number of carbonyl (C=O) groups is 3. The van der Waals surface area contributed by atoms with Crippen LogP contribution in [0.5, 0.6) is 11.5 Å². The Morgan fingerprint density at radius 2 is 1.90 bits per heavy atom. The Morgan fingerprint density at radius 1 is 1.17 bits per heavy atom. The second-order valence-corrected chi connectivity index (χ2v) is 7.31. The van der Waals surface area contributed by atoms with Crippen LogP contribution in [0.3, 0.4) is 0 Å². The summed E-state index contributed by atoms with van der Waals surface area (Å²) in [4.78, 5) is 39.3. The quantitative estimate of drug-likeness (QED) is 0.500. The maximum atomic E-state index is 13.2. The van der Waals surface area contributed by atoms with Crippen molar-refractivity contribution in [2.24, 2.45) is 0 Å². The molecule has 3 rings (SSSR count). The first-order valence-corrected chi connectivity index (χ1v) is 9.60. The van der Waals surface area contributed by atoms with Crippen LogP contribution in [-0.2, 0) is 15.1 Å². The molecule has 0 aliphatic carbocycles. The van der Waals surface area contributed by atoms with Gasteiger partial charge < -0.3 is 20.5 Å². The number of hydrogen-bond acceptors (Lipinski definition) is 5. The van der Waals surface area contributed by atoms with E-state index in [1.165, 1.54) is 12.1 Å². The molecule has 1 aliphatic heterocycles. The number of anilines is 1. The first-order chi connectivity index (χ1) is 14.2. The van der Waals surface area contributed by atoms with Gasteiger partial charge in [-0.1, -0.05) is 13.0 Å². The zero-order valence-corrected chi connectivity index (χ0v) is 17.4. The predicted octanol–water partition coefficient (Wildman–Crippen LogP) is 2.81. The van der Waals surface area contributed by atoms with Crippen molar-refractivity contribution in [3.8, 4) is 11.5 Å². The van der Waals surface area contributed by atoms with Crippen LogP contribution in [0.25, 0.3) is 0 Å². The number of aromatic hydroxyl groups is 1. The largest absolute Gasteiger partial charge is 0.508 e. The lowest BCUT2D eigenvalue weighted by Gasteiger charge is -2.26. The summed E-state index contributed by atoms with van der Waals surface area (Å²) in [6.07, 6.45) is 0.332. The van der Waals surface area contributed by atoms with Gasteiger partial charge in [0.15, 0.2) is 0 Å². The van der Waals surface area contributed by atoms with Crippen molar-refractivity contribution >= 4 is 23.5 Å². The smallest absolute Gasteiger partial charge is 0.325 e. The van der Waals surface area contributed by atoms with E-state index in [-0.39, 0.29) is 5.75 Å². The molecule has 8 nitrogen and oxygen atoms in total. The molecule has 0 spiro atoms. The number of carbonyl (C=O) groups excluding carboxylic acids is 3. The molecule has 30 heavy (non-hydrogen) atoms. The fourth-order valence-corrected chi connectivity index (χ4v) is 3.67. The summed E-state index contributed by atoms with van der Waals surface area (Å²) in [5.41, 5.74) is 1.40. The number of aryl methyl sites for hydroxylation is 2. The number of ether oxygens (including phenoxy) is 1. The summed E-state index contributed by atoms with van der Waals surface area (Å²) in [6.45, 7) is 4.98. The molecule has 2 aromatic rings. The third-order valence-corrected chi connectivity index (χ3v) is 5.38. The highest BCUT2D eigenvalue weighted by atomic mass is 16.5. The molecule has 4 amide bonds. The van der Waals surface area contributed by atoms with Gasteiger partial charge in [-0.3, -0.25) is 14.5 Å². The Labute approximate surface area is 174 Å². The molecule has 0 radical (unpaired) electrons. The Morgan fingerprint density at radius 3 is 2.50 bits per heavy atom. The minimum Gasteiger partial charge on any atom is -0.508 e. The molecule has 2 aromatic carbocycles. The van der Waals surface area contributed by atoms with E-state index >= 15 is 0 Å². The summed E-state index contributed by atoms with van der Waals surface area (Å²) in [5.74, 6) is -0.216. The molecular formula is C22H25N3O5. The zero-order valence-electron chi connectivity index (χ0n) is 17.4. The van der Waals surface area contributed by atoms with Crippen LogP contribution in [0.4, 0.5) is 10.5 Å². The first kappa shape index (κ1) is 21.2. The summed E-state index contributed by atoms with van der Waals surface area (Å²) in [5, 5.41) is 14.9. The second-order valence-electron chi connectivity index (χ2n) is 7.31. The SMILES string of the molecule is CCC1(c2ccc(OC)c(C)c2)NC(=O)N(CC(=O)Nc2ccc(O)cc2C)C1=O. The summed E-state index contributed by atoms with van der Waals surface area (Å²) < 4.78 is 5.27. The summed E-state index contributed by atoms with van der Waals surface area (Å²) in [7, 11) is 1.57. The standard InChI is InChI=1S/C22H25N3O5/c1-5-22(15-6-9-18(30-4)14(3)10-15)20(28)25(21(29)24-22)12-19(27)23-17-8-7-16(26)11-13(17)2/h6-11,26H,5,12H2,1-4H3,(H,23,27)(H,24,29). The van der Waals surface area contributed by atoms with E-state index in [4.69, 9.17) is 4.74 Å².